The van der Waals surface area contributed by atoms with Gasteiger partial charge in [0.2, 0.25) is 0 Å². The third-order valence-corrected chi connectivity index (χ3v) is 4.79. The van der Waals surface area contributed by atoms with Crippen molar-refractivity contribution in [2.45, 2.75) is 39.7 Å². The van der Waals surface area contributed by atoms with Crippen molar-refractivity contribution in [3.05, 3.63) is 71.4 Å². The number of hydrogen-bond donors (Lipinski definition) is 2. The Labute approximate surface area is 192 Å². The van der Waals surface area contributed by atoms with E-state index in [4.69, 9.17) is 9.59 Å². The monoisotopic (exact) mass is 439 g/mol. The van der Waals surface area contributed by atoms with Crippen LogP contribution >= 0.6 is 0 Å². The zero-order valence-electron chi connectivity index (χ0n) is 19.8. The van der Waals surface area contributed by atoms with Gasteiger partial charge in [0.25, 0.3) is 5.91 Å². The summed E-state index contributed by atoms with van der Waals surface area (Å²) in [4.78, 5) is 28.3. The molecule has 2 N–H and O–H groups in total. The minimum atomic E-state index is -0.0470. The Morgan fingerprint density at radius 1 is 0.969 bits per heavy atom. The lowest BCUT2D eigenvalue weighted by Crippen LogP contribution is -2.24. The van der Waals surface area contributed by atoms with E-state index in [1.165, 1.54) is 31.4 Å². The summed E-state index contributed by atoms with van der Waals surface area (Å²) in [6, 6.07) is 18.1. The summed E-state index contributed by atoms with van der Waals surface area (Å²) in [7, 11) is 3.92. The second-order valence-corrected chi connectivity index (χ2v) is 7.13. The van der Waals surface area contributed by atoms with Gasteiger partial charge in [-0.25, -0.2) is 0 Å². The number of aryl methyl sites for hydroxylation is 2. The van der Waals surface area contributed by atoms with Crippen molar-refractivity contribution in [2.24, 2.45) is 7.05 Å². The van der Waals surface area contributed by atoms with E-state index in [1.807, 2.05) is 74.7 Å². The van der Waals surface area contributed by atoms with Gasteiger partial charge in [-0.3, -0.25) is 4.79 Å². The van der Waals surface area contributed by atoms with Crippen LogP contribution in [0.2, 0.25) is 0 Å². The standard InChI is InChI=1S/C18H18N2O.C6H15N.2CH2O/c1-13-7-9-14(10-8-13)12-19-18(21)17-11-15-5-3-4-6-16(15)20(17)2;1-3-4-5-6-7-2;2*1-2/h3-11H,12H2,1-2H3,(H,19,21);7H,3-6H2,1-2H3;2*1H2. The van der Waals surface area contributed by atoms with Gasteiger partial charge in [0.1, 0.15) is 19.3 Å². The van der Waals surface area contributed by atoms with E-state index in [0.717, 1.165) is 16.5 Å². The van der Waals surface area contributed by atoms with Crippen LogP contribution in [0, 0.1) is 6.92 Å². The molecule has 0 spiro atoms. The van der Waals surface area contributed by atoms with Crippen molar-refractivity contribution in [1.29, 1.82) is 0 Å². The number of fused-ring (bicyclic) bond motifs is 1. The van der Waals surface area contributed by atoms with E-state index < -0.39 is 0 Å². The third kappa shape index (κ3) is 9.71. The molecule has 3 rings (SSSR count). The van der Waals surface area contributed by atoms with Crippen LogP contribution in [0.4, 0.5) is 0 Å². The zero-order chi connectivity index (χ0) is 24.4. The summed E-state index contributed by atoms with van der Waals surface area (Å²) in [5.74, 6) is -0.0470. The molecule has 0 bridgehead atoms. The maximum atomic E-state index is 12.3. The highest BCUT2D eigenvalue weighted by Gasteiger charge is 2.12. The molecule has 0 radical (unpaired) electrons. The smallest absolute Gasteiger partial charge is 0.268 e. The van der Waals surface area contributed by atoms with E-state index in [1.54, 1.807) is 0 Å². The van der Waals surface area contributed by atoms with Crippen molar-refractivity contribution >= 4 is 30.4 Å². The average molecular weight is 440 g/mol. The number of amides is 1. The molecule has 0 aliphatic heterocycles. The molecule has 0 saturated heterocycles. The molecule has 1 aromatic heterocycles. The predicted molar refractivity (Wildman–Crippen MR) is 133 cm³/mol. The van der Waals surface area contributed by atoms with Gasteiger partial charge in [-0.2, -0.15) is 0 Å². The van der Waals surface area contributed by atoms with Crippen LogP contribution < -0.4 is 10.6 Å². The normalized spacial score (nSPS) is 9.38. The van der Waals surface area contributed by atoms with Gasteiger partial charge in [0.15, 0.2) is 0 Å². The third-order valence-electron chi connectivity index (χ3n) is 4.79. The summed E-state index contributed by atoms with van der Waals surface area (Å²) < 4.78 is 1.93. The van der Waals surface area contributed by atoms with Crippen LogP contribution in [0.5, 0.6) is 0 Å². The SMILES string of the molecule is C=O.C=O.CCCCCNC.Cc1ccc(CNC(=O)c2cc3ccccc3n2C)cc1. The first-order chi connectivity index (χ1) is 15.6. The Balaban J connectivity index is 0.000000743. The lowest BCUT2D eigenvalue weighted by atomic mass is 10.1. The number of carbonyl (C=O) groups excluding carboxylic acids is 3. The first-order valence-corrected chi connectivity index (χ1v) is 10.7. The highest BCUT2D eigenvalue weighted by molar-refractivity contribution is 5.98. The number of unbranched alkanes of at least 4 members (excludes halogenated alkanes) is 2. The van der Waals surface area contributed by atoms with E-state index in [2.05, 4.69) is 36.6 Å². The topological polar surface area (TPSA) is 80.2 Å². The van der Waals surface area contributed by atoms with Gasteiger partial charge < -0.3 is 24.8 Å². The summed E-state index contributed by atoms with van der Waals surface area (Å²) in [5, 5.41) is 7.16. The van der Waals surface area contributed by atoms with Gasteiger partial charge in [-0.05, 0) is 44.6 Å². The number of hydrogen-bond acceptors (Lipinski definition) is 4. The molecule has 0 unspecified atom stereocenters. The molecule has 6 nitrogen and oxygen atoms in total. The van der Waals surface area contributed by atoms with Crippen LogP contribution in [0.15, 0.2) is 54.6 Å². The quantitative estimate of drug-likeness (QED) is 0.533. The number of benzene rings is 2. The minimum Gasteiger partial charge on any atom is -0.347 e. The molecular weight excluding hydrogens is 402 g/mol. The molecule has 3 aromatic rings. The molecule has 2 aromatic carbocycles. The number of aromatic nitrogens is 1. The van der Waals surface area contributed by atoms with Gasteiger partial charge in [-0.15, -0.1) is 0 Å². The maximum absolute atomic E-state index is 12.3. The molecule has 1 amide bonds. The second kappa shape index (κ2) is 17.4. The van der Waals surface area contributed by atoms with Crippen LogP contribution in [0.1, 0.15) is 47.8 Å². The fourth-order valence-corrected chi connectivity index (χ4v) is 3.04. The molecule has 0 atom stereocenters. The summed E-state index contributed by atoms with van der Waals surface area (Å²) >= 11 is 0. The first kappa shape index (κ1) is 28.8. The van der Waals surface area contributed by atoms with Crippen LogP contribution in [0.25, 0.3) is 10.9 Å². The maximum Gasteiger partial charge on any atom is 0.268 e. The van der Waals surface area contributed by atoms with Crippen molar-refractivity contribution in [3.63, 3.8) is 0 Å². The van der Waals surface area contributed by atoms with Crippen molar-refractivity contribution < 1.29 is 14.4 Å². The van der Waals surface area contributed by atoms with E-state index in [9.17, 15) is 4.79 Å². The first-order valence-electron chi connectivity index (χ1n) is 10.7. The number of rotatable bonds is 7. The highest BCUT2D eigenvalue weighted by Crippen LogP contribution is 2.18. The predicted octanol–water partition coefficient (Wildman–Crippen LogP) is 4.44. The summed E-state index contributed by atoms with van der Waals surface area (Å²) in [5.41, 5.74) is 4.08. The summed E-state index contributed by atoms with van der Waals surface area (Å²) in [6.45, 7) is 9.99. The molecular formula is C26H37N3O3. The fourth-order valence-electron chi connectivity index (χ4n) is 3.04. The largest absolute Gasteiger partial charge is 0.347 e. The molecule has 0 aliphatic rings. The van der Waals surface area contributed by atoms with Crippen molar-refractivity contribution in [1.82, 2.24) is 15.2 Å². The van der Waals surface area contributed by atoms with Crippen LogP contribution in [-0.2, 0) is 23.2 Å². The lowest BCUT2D eigenvalue weighted by Gasteiger charge is -2.07. The van der Waals surface area contributed by atoms with E-state index in [-0.39, 0.29) is 5.91 Å². The summed E-state index contributed by atoms with van der Waals surface area (Å²) in [6.07, 6.45) is 4.01. The van der Waals surface area contributed by atoms with Crippen molar-refractivity contribution in [3.8, 4) is 0 Å². The Bertz CT molecular complexity index is 898. The number of nitrogens with zero attached hydrogens (tertiary/aromatic N) is 1. The van der Waals surface area contributed by atoms with E-state index >= 15 is 0 Å². The molecule has 0 saturated carbocycles. The minimum absolute atomic E-state index is 0.0470. The van der Waals surface area contributed by atoms with Crippen LogP contribution in [0.3, 0.4) is 0 Å². The Kier molecular flexibility index (Phi) is 15.7. The van der Waals surface area contributed by atoms with Crippen LogP contribution in [-0.4, -0.2) is 37.6 Å². The molecule has 0 aliphatic carbocycles. The Hall–Kier alpha value is -3.25. The molecule has 6 heteroatoms. The van der Waals surface area contributed by atoms with Crippen molar-refractivity contribution in [2.75, 3.05) is 13.6 Å². The van der Waals surface area contributed by atoms with Gasteiger partial charge >= 0.3 is 0 Å². The number of carbonyl (C=O) groups is 3. The average Bonchev–Trinajstić information content (AvgIpc) is 3.18. The number of para-hydroxylation sites is 1. The molecule has 174 valence electrons. The molecule has 1 heterocycles. The number of nitrogens with one attached hydrogen (secondary N) is 2. The van der Waals surface area contributed by atoms with Gasteiger partial charge in [0.05, 0.1) is 0 Å². The second-order valence-electron chi connectivity index (χ2n) is 7.13. The Morgan fingerprint density at radius 3 is 2.16 bits per heavy atom. The fraction of sp³-hybridized carbons (Fsp3) is 0.346. The lowest BCUT2D eigenvalue weighted by molar-refractivity contribution is -0.0987. The Morgan fingerprint density at radius 2 is 1.59 bits per heavy atom. The highest BCUT2D eigenvalue weighted by atomic mass is 16.2. The molecule has 0 fully saturated rings. The zero-order valence-corrected chi connectivity index (χ0v) is 19.8. The van der Waals surface area contributed by atoms with E-state index in [0.29, 0.717) is 12.2 Å². The van der Waals surface area contributed by atoms with Gasteiger partial charge in [0, 0.05) is 24.5 Å². The molecule has 32 heavy (non-hydrogen) atoms. The van der Waals surface area contributed by atoms with Gasteiger partial charge in [-0.1, -0.05) is 67.8 Å².